The summed E-state index contributed by atoms with van der Waals surface area (Å²) in [5.74, 6) is 0.390. The number of fused-ring (bicyclic) bond motifs is 1. The second kappa shape index (κ2) is 7.09. The van der Waals surface area contributed by atoms with Crippen LogP contribution in [0.3, 0.4) is 0 Å². The number of rotatable bonds is 3. The molecule has 2 aromatic heterocycles. The molecular formula is C22H16N4O3. The van der Waals surface area contributed by atoms with Crippen molar-refractivity contribution >= 4 is 22.7 Å². The Kier molecular flexibility index (Phi) is 4.45. The number of nitrogens with zero attached hydrogens (tertiary/aromatic N) is 3. The van der Waals surface area contributed by atoms with Crippen molar-refractivity contribution in [2.24, 2.45) is 7.05 Å². The number of aryl methyl sites for hydroxylation is 2. The predicted molar refractivity (Wildman–Crippen MR) is 109 cm³/mol. The Balaban J connectivity index is 1.63. The molecule has 0 spiro atoms. The van der Waals surface area contributed by atoms with Gasteiger partial charge in [0.1, 0.15) is 28.8 Å². The van der Waals surface area contributed by atoms with Crippen molar-refractivity contribution in [1.29, 1.82) is 5.26 Å². The molecule has 0 aliphatic carbocycles. The number of nitriles is 1. The van der Waals surface area contributed by atoms with Crippen molar-refractivity contribution in [3.05, 3.63) is 81.6 Å². The molecule has 0 radical (unpaired) electrons. The summed E-state index contributed by atoms with van der Waals surface area (Å²) in [6.45, 7) is 1.92. The fourth-order valence-electron chi connectivity index (χ4n) is 3.05. The molecular weight excluding hydrogens is 368 g/mol. The number of amides is 1. The number of carbonyl (C=O) groups is 1. The molecule has 29 heavy (non-hydrogen) atoms. The maximum absolute atomic E-state index is 12.5. The van der Waals surface area contributed by atoms with E-state index in [0.29, 0.717) is 33.7 Å². The third-order valence-electron chi connectivity index (χ3n) is 4.61. The van der Waals surface area contributed by atoms with Crippen LogP contribution in [0.15, 0.2) is 63.9 Å². The van der Waals surface area contributed by atoms with Crippen LogP contribution < -0.4 is 10.7 Å². The summed E-state index contributed by atoms with van der Waals surface area (Å²) in [5.41, 5.74) is 2.75. The van der Waals surface area contributed by atoms with Crippen LogP contribution in [-0.2, 0) is 7.05 Å². The van der Waals surface area contributed by atoms with Gasteiger partial charge in [0, 0.05) is 24.2 Å². The summed E-state index contributed by atoms with van der Waals surface area (Å²) >= 11 is 0. The van der Waals surface area contributed by atoms with Gasteiger partial charge in [0.05, 0.1) is 11.6 Å². The van der Waals surface area contributed by atoms with Gasteiger partial charge in [-0.1, -0.05) is 23.8 Å². The van der Waals surface area contributed by atoms with Gasteiger partial charge in [-0.25, -0.2) is 0 Å². The van der Waals surface area contributed by atoms with E-state index in [1.165, 1.54) is 16.9 Å². The number of carbonyl (C=O) groups excluding carboxylic acids is 1. The van der Waals surface area contributed by atoms with E-state index < -0.39 is 0 Å². The van der Waals surface area contributed by atoms with Gasteiger partial charge in [-0.2, -0.15) is 10.4 Å². The average molecular weight is 384 g/mol. The Morgan fingerprint density at radius 1 is 1.17 bits per heavy atom. The minimum absolute atomic E-state index is 0.119. The maximum Gasteiger partial charge on any atom is 0.256 e. The molecule has 0 bridgehead atoms. The lowest BCUT2D eigenvalue weighted by Crippen LogP contribution is -2.15. The smallest absolute Gasteiger partial charge is 0.256 e. The summed E-state index contributed by atoms with van der Waals surface area (Å²) < 4.78 is 7.29. The first-order chi connectivity index (χ1) is 14.0. The standard InChI is InChI=1S/C22H16N4O3/c1-13-3-8-19-17(9-13)18(27)10-20(29-19)14-4-6-15(7-5-14)22(28)25-21-16(11-23)12-24-26(21)2/h3-10,12H,1-2H3,(H,25,28). The maximum atomic E-state index is 12.5. The van der Waals surface area contributed by atoms with Crippen molar-refractivity contribution in [2.45, 2.75) is 6.92 Å². The lowest BCUT2D eigenvalue weighted by Gasteiger charge is -2.07. The van der Waals surface area contributed by atoms with E-state index in [1.54, 1.807) is 43.4 Å². The number of hydrogen-bond donors (Lipinski definition) is 1. The Bertz CT molecular complexity index is 1340. The molecule has 0 atom stereocenters. The first-order valence-electron chi connectivity index (χ1n) is 8.84. The first kappa shape index (κ1) is 18.2. The molecule has 2 heterocycles. The van der Waals surface area contributed by atoms with Gasteiger partial charge in [-0.3, -0.25) is 14.3 Å². The van der Waals surface area contributed by atoms with Gasteiger partial charge in [0.15, 0.2) is 5.43 Å². The number of aromatic nitrogens is 2. The minimum atomic E-state index is -0.368. The molecule has 2 aromatic carbocycles. The van der Waals surface area contributed by atoms with Crippen LogP contribution in [-0.4, -0.2) is 15.7 Å². The summed E-state index contributed by atoms with van der Waals surface area (Å²) in [6, 6.07) is 15.6. The van der Waals surface area contributed by atoms with Crippen LogP contribution >= 0.6 is 0 Å². The molecule has 7 heteroatoms. The van der Waals surface area contributed by atoms with E-state index in [4.69, 9.17) is 9.68 Å². The molecule has 0 unspecified atom stereocenters. The third-order valence-corrected chi connectivity index (χ3v) is 4.61. The van der Waals surface area contributed by atoms with Crippen LogP contribution in [0.2, 0.25) is 0 Å². The van der Waals surface area contributed by atoms with Gasteiger partial charge in [0.25, 0.3) is 5.91 Å². The van der Waals surface area contributed by atoms with E-state index in [-0.39, 0.29) is 16.9 Å². The lowest BCUT2D eigenvalue weighted by molar-refractivity contribution is 0.102. The van der Waals surface area contributed by atoms with Crippen molar-refractivity contribution in [1.82, 2.24) is 9.78 Å². The molecule has 4 aromatic rings. The zero-order valence-corrected chi connectivity index (χ0v) is 15.8. The summed E-state index contributed by atoms with van der Waals surface area (Å²) in [5, 5.41) is 16.3. The molecule has 4 rings (SSSR count). The van der Waals surface area contributed by atoms with E-state index in [9.17, 15) is 9.59 Å². The van der Waals surface area contributed by atoms with Crippen LogP contribution in [0.5, 0.6) is 0 Å². The highest BCUT2D eigenvalue weighted by Crippen LogP contribution is 2.23. The largest absolute Gasteiger partial charge is 0.456 e. The Morgan fingerprint density at radius 3 is 2.66 bits per heavy atom. The molecule has 1 N–H and O–H groups in total. The molecule has 142 valence electrons. The van der Waals surface area contributed by atoms with Gasteiger partial charge in [-0.05, 0) is 31.2 Å². The zero-order valence-electron chi connectivity index (χ0n) is 15.8. The molecule has 7 nitrogen and oxygen atoms in total. The van der Waals surface area contributed by atoms with Crippen molar-refractivity contribution < 1.29 is 9.21 Å². The van der Waals surface area contributed by atoms with E-state index in [1.807, 2.05) is 19.1 Å². The SMILES string of the molecule is Cc1ccc2oc(-c3ccc(C(=O)Nc4c(C#N)cnn4C)cc3)cc(=O)c2c1. The number of hydrogen-bond acceptors (Lipinski definition) is 5. The first-order valence-corrected chi connectivity index (χ1v) is 8.84. The molecule has 0 aliphatic rings. The van der Waals surface area contributed by atoms with Crippen LogP contribution in [0.1, 0.15) is 21.5 Å². The minimum Gasteiger partial charge on any atom is -0.456 e. The molecule has 1 amide bonds. The second-order valence-electron chi connectivity index (χ2n) is 6.65. The molecule has 0 saturated heterocycles. The number of anilines is 1. The predicted octanol–water partition coefficient (Wildman–Crippen LogP) is 3.63. The fourth-order valence-corrected chi connectivity index (χ4v) is 3.05. The Labute approximate surface area is 165 Å². The highest BCUT2D eigenvalue weighted by molar-refractivity contribution is 6.04. The van der Waals surface area contributed by atoms with Crippen LogP contribution in [0.4, 0.5) is 5.82 Å². The average Bonchev–Trinajstić information content (AvgIpc) is 3.08. The van der Waals surface area contributed by atoms with E-state index in [2.05, 4.69) is 10.4 Å². The quantitative estimate of drug-likeness (QED) is 0.581. The van der Waals surface area contributed by atoms with Gasteiger partial charge in [-0.15, -0.1) is 0 Å². The highest BCUT2D eigenvalue weighted by atomic mass is 16.3. The van der Waals surface area contributed by atoms with Gasteiger partial charge >= 0.3 is 0 Å². The Hall–Kier alpha value is -4.18. The molecule has 0 fully saturated rings. The van der Waals surface area contributed by atoms with Crippen LogP contribution in [0, 0.1) is 18.3 Å². The van der Waals surface area contributed by atoms with Crippen molar-refractivity contribution in [2.75, 3.05) is 5.32 Å². The molecule has 0 saturated carbocycles. The van der Waals surface area contributed by atoms with E-state index >= 15 is 0 Å². The second-order valence-corrected chi connectivity index (χ2v) is 6.65. The van der Waals surface area contributed by atoms with Crippen LogP contribution in [0.25, 0.3) is 22.3 Å². The van der Waals surface area contributed by atoms with Gasteiger partial charge in [0.2, 0.25) is 0 Å². The third kappa shape index (κ3) is 3.39. The van der Waals surface area contributed by atoms with E-state index in [0.717, 1.165) is 5.56 Å². The monoisotopic (exact) mass is 384 g/mol. The lowest BCUT2D eigenvalue weighted by atomic mass is 10.1. The topological polar surface area (TPSA) is 101 Å². The van der Waals surface area contributed by atoms with Gasteiger partial charge < -0.3 is 9.73 Å². The summed E-state index contributed by atoms with van der Waals surface area (Å²) in [7, 11) is 1.64. The number of nitrogens with one attached hydrogen (secondary N) is 1. The summed E-state index contributed by atoms with van der Waals surface area (Å²) in [6.07, 6.45) is 1.39. The van der Waals surface area contributed by atoms with Crippen molar-refractivity contribution in [3.8, 4) is 17.4 Å². The normalized spacial score (nSPS) is 10.7. The summed E-state index contributed by atoms with van der Waals surface area (Å²) in [4.78, 5) is 24.9. The highest BCUT2D eigenvalue weighted by Gasteiger charge is 2.14. The fraction of sp³-hybridized carbons (Fsp3) is 0.0909. The van der Waals surface area contributed by atoms with Crippen molar-refractivity contribution in [3.63, 3.8) is 0 Å². The Morgan fingerprint density at radius 2 is 1.93 bits per heavy atom. The zero-order chi connectivity index (χ0) is 20.5. The molecule has 0 aliphatic heterocycles. The number of benzene rings is 2.